The highest BCUT2D eigenvalue weighted by Crippen LogP contribution is 2.27. The second kappa shape index (κ2) is 7.30. The highest BCUT2D eigenvalue weighted by molar-refractivity contribution is 5.54. The van der Waals surface area contributed by atoms with Crippen molar-refractivity contribution in [1.29, 1.82) is 0 Å². The third kappa shape index (κ3) is 4.02. The molecular weight excluding hydrogens is 214 g/mol. The minimum absolute atomic E-state index is 0.388. The Balaban J connectivity index is 2.74. The summed E-state index contributed by atoms with van der Waals surface area (Å²) in [6.45, 7) is 6.27. The van der Waals surface area contributed by atoms with E-state index in [0.717, 1.165) is 30.8 Å². The van der Waals surface area contributed by atoms with E-state index in [1.165, 1.54) is 0 Å². The quantitative estimate of drug-likeness (QED) is 0.740. The lowest BCUT2D eigenvalue weighted by atomic mass is 10.0. The van der Waals surface area contributed by atoms with Crippen LogP contribution in [0.1, 0.15) is 31.9 Å². The smallest absolute Gasteiger partial charge is 0.0807 e. The molecule has 3 heteroatoms. The third-order valence-corrected chi connectivity index (χ3v) is 2.87. The second-order valence-corrected chi connectivity index (χ2v) is 4.10. The molecule has 1 aromatic rings. The summed E-state index contributed by atoms with van der Waals surface area (Å²) >= 11 is 0. The maximum Gasteiger partial charge on any atom is 0.0807 e. The van der Waals surface area contributed by atoms with Gasteiger partial charge in [0.25, 0.3) is 0 Å². The van der Waals surface area contributed by atoms with Gasteiger partial charge in [0, 0.05) is 31.5 Å². The van der Waals surface area contributed by atoms with E-state index in [1.807, 2.05) is 45.2 Å². The Labute approximate surface area is 104 Å². The van der Waals surface area contributed by atoms with Gasteiger partial charge in [0.2, 0.25) is 0 Å². The molecule has 1 N–H and O–H groups in total. The largest absolute Gasteiger partial charge is 0.388 e. The zero-order valence-electron chi connectivity index (χ0n) is 11.0. The maximum absolute atomic E-state index is 9.97. The number of ether oxygens (including phenoxy) is 1. The van der Waals surface area contributed by atoms with Crippen LogP contribution >= 0.6 is 0 Å². The zero-order chi connectivity index (χ0) is 12.7. The Kier molecular flexibility index (Phi) is 6.01. The fraction of sp³-hybridized carbons (Fsp3) is 0.571. The topological polar surface area (TPSA) is 32.7 Å². The van der Waals surface area contributed by atoms with Crippen molar-refractivity contribution in [2.75, 3.05) is 31.7 Å². The van der Waals surface area contributed by atoms with E-state index in [-0.39, 0.29) is 6.10 Å². The summed E-state index contributed by atoms with van der Waals surface area (Å²) in [5.74, 6) is 0. The summed E-state index contributed by atoms with van der Waals surface area (Å²) in [7, 11) is 2.03. The van der Waals surface area contributed by atoms with Crippen molar-refractivity contribution in [2.24, 2.45) is 0 Å². The lowest BCUT2D eigenvalue weighted by molar-refractivity contribution is 0.154. The molecule has 0 saturated heterocycles. The fourth-order valence-electron chi connectivity index (χ4n) is 1.80. The van der Waals surface area contributed by atoms with Gasteiger partial charge in [-0.15, -0.1) is 0 Å². The Morgan fingerprint density at radius 2 is 2.00 bits per heavy atom. The van der Waals surface area contributed by atoms with Crippen LogP contribution in [0.15, 0.2) is 24.3 Å². The van der Waals surface area contributed by atoms with Crippen molar-refractivity contribution >= 4 is 5.69 Å². The molecule has 0 fully saturated rings. The summed E-state index contributed by atoms with van der Waals surface area (Å²) in [5, 5.41) is 9.97. The molecule has 0 aliphatic heterocycles. The first-order chi connectivity index (χ1) is 8.20. The van der Waals surface area contributed by atoms with Crippen molar-refractivity contribution in [3.8, 4) is 0 Å². The van der Waals surface area contributed by atoms with Crippen LogP contribution in [-0.4, -0.2) is 31.9 Å². The molecule has 0 aromatic heterocycles. The van der Waals surface area contributed by atoms with Crippen molar-refractivity contribution < 1.29 is 9.84 Å². The molecule has 0 heterocycles. The Morgan fingerprint density at radius 3 is 2.65 bits per heavy atom. The maximum atomic E-state index is 9.97. The van der Waals surface area contributed by atoms with E-state index in [1.54, 1.807) is 0 Å². The Morgan fingerprint density at radius 1 is 1.29 bits per heavy atom. The van der Waals surface area contributed by atoms with Gasteiger partial charge in [-0.05, 0) is 19.4 Å². The third-order valence-electron chi connectivity index (χ3n) is 2.87. The molecule has 0 unspecified atom stereocenters. The van der Waals surface area contributed by atoms with E-state index < -0.39 is 0 Å². The van der Waals surface area contributed by atoms with Crippen LogP contribution < -0.4 is 4.90 Å². The van der Waals surface area contributed by atoms with Crippen molar-refractivity contribution in [3.05, 3.63) is 29.8 Å². The lowest BCUT2D eigenvalue weighted by Gasteiger charge is -2.24. The normalized spacial score (nSPS) is 12.5. The number of anilines is 1. The van der Waals surface area contributed by atoms with Crippen molar-refractivity contribution in [2.45, 2.75) is 26.4 Å². The number of likely N-dealkylation sites (N-methyl/N-ethyl adjacent to an activating group) is 1. The first kappa shape index (κ1) is 14.0. The van der Waals surface area contributed by atoms with Crippen LogP contribution in [0, 0.1) is 0 Å². The number of hydrogen-bond acceptors (Lipinski definition) is 3. The summed E-state index contributed by atoms with van der Waals surface area (Å²) in [6.07, 6.45) is 0.344. The van der Waals surface area contributed by atoms with E-state index in [9.17, 15) is 5.11 Å². The van der Waals surface area contributed by atoms with Crippen LogP contribution in [0.2, 0.25) is 0 Å². The van der Waals surface area contributed by atoms with Gasteiger partial charge in [-0.2, -0.15) is 0 Å². The van der Waals surface area contributed by atoms with Gasteiger partial charge in [0.05, 0.1) is 12.7 Å². The van der Waals surface area contributed by atoms with E-state index >= 15 is 0 Å². The molecule has 0 aliphatic rings. The monoisotopic (exact) mass is 237 g/mol. The molecule has 17 heavy (non-hydrogen) atoms. The standard InChI is InChI=1S/C14H23NO2/c1-4-14(16)12-8-6-7-9-13(12)15(3)10-11-17-5-2/h6-9,14,16H,4-5,10-11H2,1-3H3/t14-/m0/s1. The molecule has 0 spiro atoms. The number of aliphatic hydroxyl groups excluding tert-OH is 1. The predicted molar refractivity (Wildman–Crippen MR) is 71.5 cm³/mol. The second-order valence-electron chi connectivity index (χ2n) is 4.10. The number of para-hydroxylation sites is 1. The summed E-state index contributed by atoms with van der Waals surface area (Å²) < 4.78 is 5.35. The average molecular weight is 237 g/mol. The first-order valence-electron chi connectivity index (χ1n) is 6.26. The molecule has 0 amide bonds. The van der Waals surface area contributed by atoms with Gasteiger partial charge in [0.1, 0.15) is 0 Å². The van der Waals surface area contributed by atoms with Gasteiger partial charge < -0.3 is 14.7 Å². The van der Waals surface area contributed by atoms with Gasteiger partial charge in [-0.3, -0.25) is 0 Å². The minimum Gasteiger partial charge on any atom is -0.388 e. The van der Waals surface area contributed by atoms with Crippen LogP contribution in [0.3, 0.4) is 0 Å². The van der Waals surface area contributed by atoms with Crippen LogP contribution in [0.5, 0.6) is 0 Å². The SMILES string of the molecule is CCOCCN(C)c1ccccc1[C@@H](O)CC. The van der Waals surface area contributed by atoms with E-state index in [2.05, 4.69) is 4.90 Å². The average Bonchev–Trinajstić information content (AvgIpc) is 2.38. The molecular formula is C14H23NO2. The number of aliphatic hydroxyl groups is 1. The summed E-state index contributed by atoms with van der Waals surface area (Å²) in [6, 6.07) is 7.99. The molecule has 3 nitrogen and oxygen atoms in total. The van der Waals surface area contributed by atoms with E-state index in [4.69, 9.17) is 4.74 Å². The van der Waals surface area contributed by atoms with Crippen LogP contribution in [-0.2, 0) is 4.74 Å². The Hall–Kier alpha value is -1.06. The molecule has 0 bridgehead atoms. The van der Waals surface area contributed by atoms with Crippen LogP contribution in [0.4, 0.5) is 5.69 Å². The highest BCUT2D eigenvalue weighted by atomic mass is 16.5. The summed E-state index contributed by atoms with van der Waals surface area (Å²) in [4.78, 5) is 2.13. The van der Waals surface area contributed by atoms with Crippen molar-refractivity contribution in [3.63, 3.8) is 0 Å². The minimum atomic E-state index is -0.388. The molecule has 1 aromatic carbocycles. The lowest BCUT2D eigenvalue weighted by Crippen LogP contribution is -2.24. The van der Waals surface area contributed by atoms with Crippen molar-refractivity contribution in [1.82, 2.24) is 0 Å². The number of hydrogen-bond donors (Lipinski definition) is 1. The molecule has 0 saturated carbocycles. The zero-order valence-corrected chi connectivity index (χ0v) is 11.0. The molecule has 1 atom stereocenters. The summed E-state index contributed by atoms with van der Waals surface area (Å²) in [5.41, 5.74) is 2.08. The number of nitrogens with zero attached hydrogens (tertiary/aromatic N) is 1. The Bertz CT molecular complexity index is 328. The molecule has 0 radical (unpaired) electrons. The van der Waals surface area contributed by atoms with Gasteiger partial charge in [-0.1, -0.05) is 25.1 Å². The highest BCUT2D eigenvalue weighted by Gasteiger charge is 2.12. The van der Waals surface area contributed by atoms with Gasteiger partial charge >= 0.3 is 0 Å². The fourth-order valence-corrected chi connectivity index (χ4v) is 1.80. The number of rotatable bonds is 7. The van der Waals surface area contributed by atoms with E-state index in [0.29, 0.717) is 6.61 Å². The molecule has 0 aliphatic carbocycles. The number of benzene rings is 1. The van der Waals surface area contributed by atoms with Gasteiger partial charge in [-0.25, -0.2) is 0 Å². The van der Waals surface area contributed by atoms with Gasteiger partial charge in [0.15, 0.2) is 0 Å². The molecule has 96 valence electrons. The van der Waals surface area contributed by atoms with Crippen LogP contribution in [0.25, 0.3) is 0 Å². The predicted octanol–water partition coefficient (Wildman–Crippen LogP) is 2.60. The molecule has 1 rings (SSSR count). The first-order valence-corrected chi connectivity index (χ1v) is 6.26.